The Bertz CT molecular complexity index is 690. The summed E-state index contributed by atoms with van der Waals surface area (Å²) in [7, 11) is 0. The SMILES string of the molecule is Nc1cc(C2CN(C(=O)O)C2)nn1-c1cc(F)cc(F)c1. The molecule has 0 atom stereocenters. The van der Waals surface area contributed by atoms with Crippen molar-refractivity contribution in [2.24, 2.45) is 0 Å². The maximum absolute atomic E-state index is 13.2. The van der Waals surface area contributed by atoms with Crippen molar-refractivity contribution in [2.45, 2.75) is 5.92 Å². The number of amides is 1. The van der Waals surface area contributed by atoms with Crippen LogP contribution >= 0.6 is 0 Å². The Hall–Kier alpha value is -2.64. The van der Waals surface area contributed by atoms with E-state index in [1.54, 1.807) is 6.07 Å². The minimum absolute atomic E-state index is 0.0527. The highest BCUT2D eigenvalue weighted by atomic mass is 19.1. The molecule has 3 rings (SSSR count). The predicted octanol–water partition coefficient (Wildman–Crippen LogP) is 1.81. The summed E-state index contributed by atoms with van der Waals surface area (Å²) >= 11 is 0. The lowest BCUT2D eigenvalue weighted by Crippen LogP contribution is -2.47. The summed E-state index contributed by atoms with van der Waals surface area (Å²) in [5.74, 6) is -1.25. The van der Waals surface area contributed by atoms with Gasteiger partial charge in [-0.15, -0.1) is 0 Å². The van der Waals surface area contributed by atoms with Crippen LogP contribution in [-0.2, 0) is 0 Å². The van der Waals surface area contributed by atoms with E-state index in [0.717, 1.165) is 18.2 Å². The number of hydrogen-bond donors (Lipinski definition) is 2. The van der Waals surface area contributed by atoms with Crippen LogP contribution in [-0.4, -0.2) is 39.0 Å². The highest BCUT2D eigenvalue weighted by Crippen LogP contribution is 2.28. The molecule has 0 aliphatic carbocycles. The third-order valence-electron chi connectivity index (χ3n) is 3.42. The molecule has 1 fully saturated rings. The Morgan fingerprint density at radius 2 is 1.86 bits per heavy atom. The number of halogens is 2. The van der Waals surface area contributed by atoms with Gasteiger partial charge in [0, 0.05) is 31.1 Å². The van der Waals surface area contributed by atoms with Crippen molar-refractivity contribution in [2.75, 3.05) is 18.8 Å². The van der Waals surface area contributed by atoms with Crippen molar-refractivity contribution in [1.29, 1.82) is 0 Å². The van der Waals surface area contributed by atoms with Crippen LogP contribution in [0.2, 0.25) is 0 Å². The molecular formula is C13H12F2N4O2. The molecule has 0 saturated carbocycles. The van der Waals surface area contributed by atoms with E-state index in [9.17, 15) is 13.6 Å². The fraction of sp³-hybridized carbons (Fsp3) is 0.231. The molecule has 1 amide bonds. The molecule has 3 N–H and O–H groups in total. The number of anilines is 1. The number of benzene rings is 1. The molecule has 2 heterocycles. The Morgan fingerprint density at radius 3 is 2.43 bits per heavy atom. The second-order valence-electron chi connectivity index (χ2n) is 4.92. The predicted molar refractivity (Wildman–Crippen MR) is 70.2 cm³/mol. The van der Waals surface area contributed by atoms with Crippen molar-refractivity contribution < 1.29 is 18.7 Å². The second-order valence-corrected chi connectivity index (χ2v) is 4.92. The number of carboxylic acid groups (broad SMARTS) is 1. The molecule has 2 aromatic rings. The van der Waals surface area contributed by atoms with Crippen LogP contribution in [0.25, 0.3) is 5.69 Å². The highest BCUT2D eigenvalue weighted by Gasteiger charge is 2.33. The Kier molecular flexibility index (Phi) is 3.00. The van der Waals surface area contributed by atoms with E-state index in [1.807, 2.05) is 0 Å². The zero-order chi connectivity index (χ0) is 15.1. The van der Waals surface area contributed by atoms with Crippen LogP contribution in [0.4, 0.5) is 19.4 Å². The minimum Gasteiger partial charge on any atom is -0.465 e. The normalized spacial score (nSPS) is 15.0. The lowest BCUT2D eigenvalue weighted by molar-refractivity contribution is 0.104. The summed E-state index contributed by atoms with van der Waals surface area (Å²) in [5, 5.41) is 13.0. The number of aromatic nitrogens is 2. The van der Waals surface area contributed by atoms with Crippen LogP contribution in [0.5, 0.6) is 0 Å². The topological polar surface area (TPSA) is 84.4 Å². The van der Waals surface area contributed by atoms with E-state index in [-0.39, 0.29) is 17.4 Å². The van der Waals surface area contributed by atoms with Gasteiger partial charge >= 0.3 is 6.09 Å². The molecular weight excluding hydrogens is 282 g/mol. The van der Waals surface area contributed by atoms with Gasteiger partial charge in [0.25, 0.3) is 0 Å². The van der Waals surface area contributed by atoms with Gasteiger partial charge in [-0.3, -0.25) is 0 Å². The first-order valence-electron chi connectivity index (χ1n) is 6.24. The lowest BCUT2D eigenvalue weighted by Gasteiger charge is -2.35. The first kappa shape index (κ1) is 13.3. The molecule has 0 bridgehead atoms. The molecule has 1 aromatic heterocycles. The fourth-order valence-electron chi connectivity index (χ4n) is 2.30. The van der Waals surface area contributed by atoms with E-state index in [2.05, 4.69) is 5.10 Å². The molecule has 0 radical (unpaired) electrons. The number of likely N-dealkylation sites (tertiary alicyclic amines) is 1. The molecule has 1 saturated heterocycles. The smallest absolute Gasteiger partial charge is 0.407 e. The molecule has 21 heavy (non-hydrogen) atoms. The third kappa shape index (κ3) is 2.39. The van der Waals surface area contributed by atoms with Gasteiger partial charge in [-0.05, 0) is 12.1 Å². The van der Waals surface area contributed by atoms with E-state index in [0.29, 0.717) is 18.8 Å². The largest absolute Gasteiger partial charge is 0.465 e. The molecule has 6 nitrogen and oxygen atoms in total. The highest BCUT2D eigenvalue weighted by molar-refractivity contribution is 5.66. The van der Waals surface area contributed by atoms with Gasteiger partial charge in [-0.2, -0.15) is 5.10 Å². The summed E-state index contributed by atoms with van der Waals surface area (Å²) in [6.07, 6.45) is -0.981. The van der Waals surface area contributed by atoms with Crippen molar-refractivity contribution >= 4 is 11.9 Å². The summed E-state index contributed by atoms with van der Waals surface area (Å²) in [5.41, 5.74) is 6.60. The van der Waals surface area contributed by atoms with Gasteiger partial charge in [-0.1, -0.05) is 0 Å². The lowest BCUT2D eigenvalue weighted by atomic mass is 9.97. The van der Waals surface area contributed by atoms with E-state index in [4.69, 9.17) is 10.8 Å². The molecule has 1 aliphatic rings. The summed E-state index contributed by atoms with van der Waals surface area (Å²) < 4.78 is 27.7. The molecule has 0 spiro atoms. The van der Waals surface area contributed by atoms with E-state index in [1.165, 1.54) is 9.58 Å². The number of rotatable bonds is 2. The van der Waals surface area contributed by atoms with Gasteiger partial charge in [0.2, 0.25) is 0 Å². The number of nitrogens with two attached hydrogens (primary N) is 1. The monoisotopic (exact) mass is 294 g/mol. The van der Waals surface area contributed by atoms with Gasteiger partial charge in [0.05, 0.1) is 11.4 Å². The maximum atomic E-state index is 13.2. The van der Waals surface area contributed by atoms with Crippen molar-refractivity contribution in [3.63, 3.8) is 0 Å². The zero-order valence-electron chi connectivity index (χ0n) is 10.8. The quantitative estimate of drug-likeness (QED) is 0.884. The summed E-state index contributed by atoms with van der Waals surface area (Å²) in [4.78, 5) is 12.0. The fourth-order valence-corrected chi connectivity index (χ4v) is 2.30. The van der Waals surface area contributed by atoms with Gasteiger partial charge in [0.15, 0.2) is 0 Å². The van der Waals surface area contributed by atoms with Crippen LogP contribution in [0.15, 0.2) is 24.3 Å². The van der Waals surface area contributed by atoms with E-state index < -0.39 is 17.7 Å². The van der Waals surface area contributed by atoms with E-state index >= 15 is 0 Å². The van der Waals surface area contributed by atoms with Crippen molar-refractivity contribution in [1.82, 2.24) is 14.7 Å². The third-order valence-corrected chi connectivity index (χ3v) is 3.42. The van der Waals surface area contributed by atoms with Crippen molar-refractivity contribution in [3.05, 3.63) is 41.6 Å². The molecule has 110 valence electrons. The molecule has 0 unspecified atom stereocenters. The summed E-state index contributed by atoms with van der Waals surface area (Å²) in [6.45, 7) is 0.673. The molecule has 1 aromatic carbocycles. The Balaban J connectivity index is 1.87. The van der Waals surface area contributed by atoms with Gasteiger partial charge < -0.3 is 15.7 Å². The minimum atomic E-state index is -0.981. The van der Waals surface area contributed by atoms with Gasteiger partial charge in [-0.25, -0.2) is 18.3 Å². The number of nitrogens with zero attached hydrogens (tertiary/aromatic N) is 3. The van der Waals surface area contributed by atoms with Crippen LogP contribution in [0.3, 0.4) is 0 Å². The Morgan fingerprint density at radius 1 is 1.24 bits per heavy atom. The average Bonchev–Trinajstić information content (AvgIpc) is 2.67. The first-order chi connectivity index (χ1) is 9.94. The second kappa shape index (κ2) is 4.72. The van der Waals surface area contributed by atoms with Crippen molar-refractivity contribution in [3.8, 4) is 5.69 Å². The Labute approximate surface area is 118 Å². The molecule has 8 heteroatoms. The zero-order valence-corrected chi connectivity index (χ0v) is 10.8. The average molecular weight is 294 g/mol. The van der Waals surface area contributed by atoms with Crippen LogP contribution in [0, 0.1) is 11.6 Å². The van der Waals surface area contributed by atoms with Crippen LogP contribution in [0.1, 0.15) is 11.6 Å². The van der Waals surface area contributed by atoms with Gasteiger partial charge in [0.1, 0.15) is 17.5 Å². The molecule has 1 aliphatic heterocycles. The first-order valence-corrected chi connectivity index (χ1v) is 6.24. The number of hydrogen-bond acceptors (Lipinski definition) is 3. The summed E-state index contributed by atoms with van der Waals surface area (Å²) in [6, 6.07) is 4.61. The number of carbonyl (C=O) groups is 1. The number of nitrogen functional groups attached to an aromatic ring is 1. The van der Waals surface area contributed by atoms with Crippen LogP contribution < -0.4 is 5.73 Å². The standard InChI is InChI=1S/C13H12F2N4O2/c14-8-1-9(15)3-10(2-8)19-12(16)4-11(17-19)7-5-18(6-7)13(20)21/h1-4,7H,5-6,16H2,(H,20,21). The maximum Gasteiger partial charge on any atom is 0.407 e.